The number of carbonyl (C=O) groups excluding carboxylic acids is 2. The summed E-state index contributed by atoms with van der Waals surface area (Å²) in [6, 6.07) is 0. The lowest BCUT2D eigenvalue weighted by Crippen LogP contribution is -2.19. The Hall–Kier alpha value is -1.10. The molecule has 0 unspecified atom stereocenters. The van der Waals surface area contributed by atoms with Gasteiger partial charge in [0.15, 0.2) is 0 Å². The van der Waals surface area contributed by atoms with E-state index in [2.05, 4.69) is 13.8 Å². The van der Waals surface area contributed by atoms with Gasteiger partial charge in [-0.05, 0) is 12.8 Å². The highest BCUT2D eigenvalue weighted by Crippen LogP contribution is 2.08. The van der Waals surface area contributed by atoms with Gasteiger partial charge < -0.3 is 14.2 Å². The molecule has 27 heavy (non-hydrogen) atoms. The van der Waals surface area contributed by atoms with Gasteiger partial charge in [-0.15, -0.1) is 0 Å². The summed E-state index contributed by atoms with van der Waals surface area (Å²) in [7, 11) is 0. The monoisotopic (exact) mass is 386 g/mol. The lowest BCUT2D eigenvalue weighted by atomic mass is 10.1. The van der Waals surface area contributed by atoms with Crippen LogP contribution in [0.15, 0.2) is 0 Å². The Labute approximate surface area is 166 Å². The zero-order valence-electron chi connectivity index (χ0n) is 17.8. The fourth-order valence-electron chi connectivity index (χ4n) is 2.79. The van der Waals surface area contributed by atoms with Crippen molar-refractivity contribution in [3.63, 3.8) is 0 Å². The molecule has 160 valence electrons. The number of esters is 2. The number of unbranched alkanes of at least 4 members (excludes halogenated alkanes) is 12. The second kappa shape index (κ2) is 21.2. The molecule has 0 atom stereocenters. The van der Waals surface area contributed by atoms with E-state index in [1.807, 2.05) is 0 Å². The van der Waals surface area contributed by atoms with Crippen LogP contribution >= 0.6 is 0 Å². The highest BCUT2D eigenvalue weighted by molar-refractivity contribution is 5.73. The average Bonchev–Trinajstić information content (AvgIpc) is 2.66. The van der Waals surface area contributed by atoms with E-state index < -0.39 is 11.9 Å². The number of rotatable bonds is 20. The summed E-state index contributed by atoms with van der Waals surface area (Å²) in [5.74, 6) is -0.832. The zero-order chi connectivity index (χ0) is 20.0. The van der Waals surface area contributed by atoms with E-state index in [0.717, 1.165) is 25.7 Å². The van der Waals surface area contributed by atoms with Gasteiger partial charge >= 0.3 is 11.9 Å². The SMILES string of the molecule is CCCCCCCCCCOC(=O)COCC(=O)OCCCCCCCC. The van der Waals surface area contributed by atoms with E-state index in [9.17, 15) is 9.59 Å². The van der Waals surface area contributed by atoms with Crippen molar-refractivity contribution < 1.29 is 23.8 Å². The van der Waals surface area contributed by atoms with Gasteiger partial charge in [-0.25, -0.2) is 9.59 Å². The molecular weight excluding hydrogens is 344 g/mol. The maximum absolute atomic E-state index is 11.5. The first kappa shape index (κ1) is 25.9. The number of ether oxygens (including phenoxy) is 3. The van der Waals surface area contributed by atoms with Crippen molar-refractivity contribution in [2.45, 2.75) is 104 Å². The van der Waals surface area contributed by atoms with Crippen molar-refractivity contribution in [2.24, 2.45) is 0 Å². The minimum Gasteiger partial charge on any atom is -0.464 e. The second-order valence-corrected chi connectivity index (χ2v) is 7.18. The van der Waals surface area contributed by atoms with E-state index in [4.69, 9.17) is 14.2 Å². The molecule has 0 saturated carbocycles. The van der Waals surface area contributed by atoms with Gasteiger partial charge in [0.25, 0.3) is 0 Å². The molecule has 0 heterocycles. The molecule has 0 bridgehead atoms. The fourth-order valence-corrected chi connectivity index (χ4v) is 2.79. The van der Waals surface area contributed by atoms with Crippen LogP contribution in [0.3, 0.4) is 0 Å². The van der Waals surface area contributed by atoms with Gasteiger partial charge in [-0.3, -0.25) is 0 Å². The molecule has 0 aliphatic rings. The van der Waals surface area contributed by atoms with Crippen LogP contribution < -0.4 is 0 Å². The van der Waals surface area contributed by atoms with Crippen molar-refractivity contribution in [3.8, 4) is 0 Å². The molecule has 0 amide bonds. The first-order valence-corrected chi connectivity index (χ1v) is 11.1. The minimum atomic E-state index is -0.417. The molecule has 0 fully saturated rings. The molecule has 0 saturated heterocycles. The predicted molar refractivity (Wildman–Crippen MR) is 109 cm³/mol. The Bertz CT molecular complexity index is 344. The van der Waals surface area contributed by atoms with Crippen LogP contribution in [-0.4, -0.2) is 38.4 Å². The summed E-state index contributed by atoms with van der Waals surface area (Å²) in [4.78, 5) is 23.0. The smallest absolute Gasteiger partial charge is 0.332 e. The van der Waals surface area contributed by atoms with Gasteiger partial charge in [0.2, 0.25) is 0 Å². The van der Waals surface area contributed by atoms with E-state index in [1.54, 1.807) is 0 Å². The molecule has 0 aliphatic heterocycles. The van der Waals surface area contributed by atoms with Crippen LogP contribution in [0.25, 0.3) is 0 Å². The standard InChI is InChI=1S/C22H42O5/c1-3-5-7-9-11-12-14-16-18-27-22(24)20-25-19-21(23)26-17-15-13-10-8-6-4-2/h3-20H2,1-2H3. The third-order valence-corrected chi connectivity index (χ3v) is 4.46. The molecule has 0 aromatic rings. The summed E-state index contributed by atoms with van der Waals surface area (Å²) in [6.07, 6.45) is 16.6. The van der Waals surface area contributed by atoms with Crippen molar-refractivity contribution in [3.05, 3.63) is 0 Å². The Morgan fingerprint density at radius 1 is 0.519 bits per heavy atom. The normalized spacial score (nSPS) is 10.7. The van der Waals surface area contributed by atoms with Crippen molar-refractivity contribution in [1.29, 1.82) is 0 Å². The van der Waals surface area contributed by atoms with Crippen molar-refractivity contribution >= 4 is 11.9 Å². The Morgan fingerprint density at radius 3 is 1.22 bits per heavy atom. The van der Waals surface area contributed by atoms with Crippen molar-refractivity contribution in [1.82, 2.24) is 0 Å². The van der Waals surface area contributed by atoms with Crippen LogP contribution in [0.1, 0.15) is 104 Å². The fraction of sp³-hybridized carbons (Fsp3) is 0.909. The first-order valence-electron chi connectivity index (χ1n) is 11.1. The third kappa shape index (κ3) is 21.1. The highest BCUT2D eigenvalue weighted by Gasteiger charge is 2.07. The van der Waals surface area contributed by atoms with Crippen LogP contribution in [0.2, 0.25) is 0 Å². The number of hydrogen-bond acceptors (Lipinski definition) is 5. The molecule has 0 spiro atoms. The second-order valence-electron chi connectivity index (χ2n) is 7.18. The van der Waals surface area contributed by atoms with E-state index in [-0.39, 0.29) is 13.2 Å². The molecule has 0 N–H and O–H groups in total. The molecule has 0 radical (unpaired) electrons. The Kier molecular flexibility index (Phi) is 20.3. The van der Waals surface area contributed by atoms with Crippen molar-refractivity contribution in [2.75, 3.05) is 26.4 Å². The number of carbonyl (C=O) groups is 2. The van der Waals surface area contributed by atoms with Crippen LogP contribution in [0.4, 0.5) is 0 Å². The Morgan fingerprint density at radius 2 is 0.852 bits per heavy atom. The summed E-state index contributed by atoms with van der Waals surface area (Å²) >= 11 is 0. The molecular formula is C22H42O5. The third-order valence-electron chi connectivity index (χ3n) is 4.46. The van der Waals surface area contributed by atoms with Gasteiger partial charge in [0.1, 0.15) is 13.2 Å². The van der Waals surface area contributed by atoms with Gasteiger partial charge in [-0.2, -0.15) is 0 Å². The quantitative estimate of drug-likeness (QED) is 0.202. The molecule has 5 nitrogen and oxygen atoms in total. The van der Waals surface area contributed by atoms with Gasteiger partial charge in [-0.1, -0.05) is 90.9 Å². The Balaban J connectivity index is 3.31. The van der Waals surface area contributed by atoms with E-state index in [1.165, 1.54) is 64.2 Å². The van der Waals surface area contributed by atoms with Gasteiger partial charge in [0.05, 0.1) is 13.2 Å². The molecule has 0 aromatic carbocycles. The van der Waals surface area contributed by atoms with E-state index >= 15 is 0 Å². The summed E-state index contributed by atoms with van der Waals surface area (Å²) in [5, 5.41) is 0. The lowest BCUT2D eigenvalue weighted by molar-refractivity contribution is -0.155. The molecule has 5 heteroatoms. The number of hydrogen-bond donors (Lipinski definition) is 0. The van der Waals surface area contributed by atoms with Crippen LogP contribution in [-0.2, 0) is 23.8 Å². The summed E-state index contributed by atoms with van der Waals surface area (Å²) in [5.41, 5.74) is 0. The van der Waals surface area contributed by atoms with Crippen LogP contribution in [0, 0.1) is 0 Å². The highest BCUT2D eigenvalue weighted by atomic mass is 16.6. The maximum atomic E-state index is 11.5. The molecule has 0 aliphatic carbocycles. The minimum absolute atomic E-state index is 0.191. The first-order chi connectivity index (χ1) is 13.2. The van der Waals surface area contributed by atoms with Gasteiger partial charge in [0, 0.05) is 0 Å². The lowest BCUT2D eigenvalue weighted by Gasteiger charge is -2.07. The summed E-state index contributed by atoms with van der Waals surface area (Å²) < 4.78 is 15.2. The van der Waals surface area contributed by atoms with Crippen LogP contribution in [0.5, 0.6) is 0 Å². The topological polar surface area (TPSA) is 61.8 Å². The molecule has 0 aromatic heterocycles. The average molecular weight is 387 g/mol. The largest absolute Gasteiger partial charge is 0.464 e. The zero-order valence-corrected chi connectivity index (χ0v) is 17.8. The maximum Gasteiger partial charge on any atom is 0.332 e. The molecule has 0 rings (SSSR count). The predicted octanol–water partition coefficient (Wildman–Crippen LogP) is 5.59. The van der Waals surface area contributed by atoms with E-state index in [0.29, 0.717) is 13.2 Å². The summed E-state index contributed by atoms with van der Waals surface area (Å²) in [6.45, 7) is 4.88.